The topological polar surface area (TPSA) is 139 Å². The number of aromatic nitrogens is 8. The van der Waals surface area contributed by atoms with Crippen molar-refractivity contribution in [3.8, 4) is 35.3 Å². The number of hydrogen-bond acceptors (Lipinski definition) is 8. The van der Waals surface area contributed by atoms with Crippen LogP contribution in [0, 0.1) is 35.5 Å². The first-order valence-corrected chi connectivity index (χ1v) is 13.4. The van der Waals surface area contributed by atoms with Crippen molar-refractivity contribution in [2.24, 2.45) is 11.8 Å². The zero-order valence-electron chi connectivity index (χ0n) is 21.5. The van der Waals surface area contributed by atoms with E-state index in [1.807, 2.05) is 4.57 Å². The fraction of sp³-hybridized carbons (Fsp3) is 0.500. The lowest BCUT2D eigenvalue weighted by Gasteiger charge is -2.23. The van der Waals surface area contributed by atoms with E-state index in [9.17, 15) is 10.2 Å². The van der Waals surface area contributed by atoms with E-state index < -0.39 is 18.2 Å². The van der Waals surface area contributed by atoms with Crippen LogP contribution in [-0.2, 0) is 0 Å². The molecule has 0 saturated heterocycles. The van der Waals surface area contributed by atoms with Crippen LogP contribution in [0.1, 0.15) is 76.4 Å². The van der Waals surface area contributed by atoms with Crippen molar-refractivity contribution in [2.45, 2.75) is 77.0 Å². The van der Waals surface area contributed by atoms with Gasteiger partial charge in [-0.05, 0) is 42.9 Å². The first-order valence-electron chi connectivity index (χ1n) is 13.4. The quantitative estimate of drug-likeness (QED) is 0.266. The monoisotopic (exact) mass is 510 g/mol. The molecule has 0 aliphatic heterocycles. The van der Waals surface area contributed by atoms with Crippen LogP contribution < -0.4 is 0 Å². The molecule has 0 aromatic carbocycles. The average Bonchev–Trinajstić information content (AvgIpc) is 3.28. The van der Waals surface area contributed by atoms with Crippen LogP contribution in [0.15, 0.2) is 12.5 Å². The van der Waals surface area contributed by atoms with Crippen LogP contribution in [-0.4, -0.2) is 61.9 Å². The minimum absolute atomic E-state index is 0.0542. The van der Waals surface area contributed by atoms with E-state index in [-0.39, 0.29) is 11.8 Å². The summed E-state index contributed by atoms with van der Waals surface area (Å²) in [6, 6.07) is -0.426. The molecule has 2 saturated carbocycles. The van der Waals surface area contributed by atoms with E-state index >= 15 is 0 Å². The van der Waals surface area contributed by atoms with Gasteiger partial charge in [0, 0.05) is 12.8 Å². The highest BCUT2D eigenvalue weighted by molar-refractivity contribution is 5.82. The summed E-state index contributed by atoms with van der Waals surface area (Å²) in [5.74, 6) is 14.0. The lowest BCUT2D eigenvalue weighted by molar-refractivity contribution is 0.00415. The molecule has 0 radical (unpaired) electrons. The first-order chi connectivity index (χ1) is 18.6. The molecule has 194 valence electrons. The third-order valence-electron chi connectivity index (χ3n) is 7.40. The standard InChI is InChI=1S/C28H30N8O2/c1-3-5-7-9-11-18-21-27(33-20(32-18)12-10-8-6-4-2)36(22-16-13-17(16)23(37)24(22)38)28(34-21)26-29-14-19-25(35-26)31-15-30-19/h14-17,22-24,37-38H,3-8,13H2,1-2H3,(H,29,30,31,35). The predicted molar refractivity (Wildman–Crippen MR) is 141 cm³/mol. The number of fused-ring (bicyclic) bond motifs is 3. The number of unbranched alkanes of at least 4 members (excludes halogenated alkanes) is 4. The van der Waals surface area contributed by atoms with Crippen molar-refractivity contribution in [3.63, 3.8) is 0 Å². The Kier molecular flexibility index (Phi) is 6.52. The zero-order chi connectivity index (χ0) is 26.2. The summed E-state index contributed by atoms with van der Waals surface area (Å²) < 4.78 is 1.88. The third kappa shape index (κ3) is 4.30. The molecule has 10 heteroatoms. The predicted octanol–water partition coefficient (Wildman–Crippen LogP) is 3.16. The number of aliphatic hydroxyl groups is 2. The number of nitrogens with one attached hydrogen (secondary N) is 1. The minimum Gasteiger partial charge on any atom is -0.390 e. The van der Waals surface area contributed by atoms with E-state index in [0.29, 0.717) is 45.5 Å². The molecule has 6 rings (SSSR count). The minimum atomic E-state index is -0.961. The molecule has 0 bridgehead atoms. The Labute approximate surface area is 220 Å². The number of rotatable bonds is 6. The Morgan fingerprint density at radius 3 is 2.47 bits per heavy atom. The molecule has 3 N–H and O–H groups in total. The number of nitrogens with zero attached hydrogens (tertiary/aromatic N) is 7. The largest absolute Gasteiger partial charge is 0.390 e. The van der Waals surface area contributed by atoms with Crippen LogP contribution in [0.4, 0.5) is 0 Å². The van der Waals surface area contributed by atoms with Crippen molar-refractivity contribution in [1.82, 2.24) is 39.5 Å². The SMILES string of the molecule is CCCCC#Cc1nc(C#CCCCC)c2nc(-c3ncc4[nH]cnc4n3)n(C3C(O)C(O)C4CC43)c2n1. The highest BCUT2D eigenvalue weighted by Gasteiger charge is 2.60. The number of hydrogen-bond donors (Lipinski definition) is 3. The maximum Gasteiger partial charge on any atom is 0.208 e. The summed E-state index contributed by atoms with van der Waals surface area (Å²) >= 11 is 0. The summed E-state index contributed by atoms with van der Waals surface area (Å²) in [6.07, 6.45) is 7.93. The fourth-order valence-electron chi connectivity index (χ4n) is 5.29. The van der Waals surface area contributed by atoms with Gasteiger partial charge in [0.05, 0.1) is 24.7 Å². The van der Waals surface area contributed by atoms with Gasteiger partial charge in [0.25, 0.3) is 0 Å². The molecule has 10 nitrogen and oxygen atoms in total. The number of aromatic amines is 1. The van der Waals surface area contributed by atoms with Crippen molar-refractivity contribution < 1.29 is 10.2 Å². The molecule has 0 spiro atoms. The molecule has 38 heavy (non-hydrogen) atoms. The lowest BCUT2D eigenvalue weighted by Crippen LogP contribution is -2.32. The van der Waals surface area contributed by atoms with Crippen LogP contribution in [0.25, 0.3) is 34.0 Å². The van der Waals surface area contributed by atoms with E-state index in [1.165, 1.54) is 0 Å². The number of imidazole rings is 2. The second-order valence-corrected chi connectivity index (χ2v) is 10.1. The fourth-order valence-corrected chi connectivity index (χ4v) is 5.29. The lowest BCUT2D eigenvalue weighted by atomic mass is 10.1. The van der Waals surface area contributed by atoms with Gasteiger partial charge in [0.1, 0.15) is 22.8 Å². The van der Waals surface area contributed by atoms with Crippen molar-refractivity contribution >= 4 is 22.3 Å². The van der Waals surface area contributed by atoms with Gasteiger partial charge < -0.3 is 15.2 Å². The summed E-state index contributed by atoms with van der Waals surface area (Å²) in [5.41, 5.74) is 2.75. The summed E-state index contributed by atoms with van der Waals surface area (Å²) in [6.45, 7) is 4.26. The molecular formula is C28H30N8O2. The van der Waals surface area contributed by atoms with Crippen LogP contribution >= 0.6 is 0 Å². The van der Waals surface area contributed by atoms with Gasteiger partial charge in [-0.25, -0.2) is 29.9 Å². The summed E-state index contributed by atoms with van der Waals surface area (Å²) in [5, 5.41) is 21.7. The molecule has 5 atom stereocenters. The van der Waals surface area contributed by atoms with Crippen molar-refractivity contribution in [3.05, 3.63) is 24.0 Å². The van der Waals surface area contributed by atoms with Gasteiger partial charge in [-0.2, -0.15) is 0 Å². The maximum absolute atomic E-state index is 11.1. The second kappa shape index (κ2) is 10.1. The number of H-pyrrole nitrogens is 1. The highest BCUT2D eigenvalue weighted by Crippen LogP contribution is 2.58. The van der Waals surface area contributed by atoms with Crippen molar-refractivity contribution in [1.29, 1.82) is 0 Å². The highest BCUT2D eigenvalue weighted by atomic mass is 16.3. The molecule has 4 aromatic heterocycles. The summed E-state index contributed by atoms with van der Waals surface area (Å²) in [4.78, 5) is 30.9. The Morgan fingerprint density at radius 1 is 0.947 bits per heavy atom. The molecule has 2 aliphatic carbocycles. The normalized spacial score (nSPS) is 23.6. The number of aliphatic hydroxyl groups excluding tert-OH is 2. The second-order valence-electron chi connectivity index (χ2n) is 10.1. The molecular weight excluding hydrogens is 480 g/mol. The van der Waals surface area contributed by atoms with Crippen molar-refractivity contribution in [2.75, 3.05) is 0 Å². The van der Waals surface area contributed by atoms with Gasteiger partial charge in [-0.3, -0.25) is 4.57 Å². The Bertz CT molecular complexity index is 1620. The van der Waals surface area contributed by atoms with Gasteiger partial charge in [-0.15, -0.1) is 0 Å². The van der Waals surface area contributed by atoms with Crippen LogP contribution in [0.5, 0.6) is 0 Å². The van der Waals surface area contributed by atoms with E-state index in [0.717, 1.165) is 44.9 Å². The molecule has 4 aromatic rings. The van der Waals surface area contributed by atoms with Crippen LogP contribution in [0.2, 0.25) is 0 Å². The molecule has 5 unspecified atom stereocenters. The maximum atomic E-state index is 11.1. The Morgan fingerprint density at radius 2 is 1.74 bits per heavy atom. The van der Waals surface area contributed by atoms with E-state index in [1.54, 1.807) is 12.5 Å². The molecule has 0 amide bonds. The smallest absolute Gasteiger partial charge is 0.208 e. The van der Waals surface area contributed by atoms with Gasteiger partial charge in [0.15, 0.2) is 22.9 Å². The Balaban J connectivity index is 1.57. The van der Waals surface area contributed by atoms with Gasteiger partial charge in [-0.1, -0.05) is 38.5 Å². The Hall–Kier alpha value is -3.86. The molecule has 2 fully saturated rings. The van der Waals surface area contributed by atoms with E-state index in [2.05, 4.69) is 62.4 Å². The van der Waals surface area contributed by atoms with Gasteiger partial charge in [0.2, 0.25) is 5.82 Å². The molecule has 2 aliphatic rings. The molecule has 4 heterocycles. The third-order valence-corrected chi connectivity index (χ3v) is 7.40. The first kappa shape index (κ1) is 24.5. The van der Waals surface area contributed by atoms with Crippen LogP contribution in [0.3, 0.4) is 0 Å². The van der Waals surface area contributed by atoms with E-state index in [4.69, 9.17) is 9.97 Å². The average molecular weight is 511 g/mol. The summed E-state index contributed by atoms with van der Waals surface area (Å²) in [7, 11) is 0. The zero-order valence-corrected chi connectivity index (χ0v) is 21.5. The van der Waals surface area contributed by atoms with Gasteiger partial charge >= 0.3 is 0 Å².